The minimum absolute atomic E-state index is 0.164. The topological polar surface area (TPSA) is 41.6 Å². The van der Waals surface area contributed by atoms with Crippen LogP contribution in [0.3, 0.4) is 0 Å². The Morgan fingerprint density at radius 2 is 1.94 bits per heavy atom. The highest BCUT2D eigenvalue weighted by Crippen LogP contribution is 2.24. The van der Waals surface area contributed by atoms with E-state index in [1.165, 1.54) is 7.11 Å². The molecule has 106 valence electrons. The van der Waals surface area contributed by atoms with Gasteiger partial charge in [-0.05, 0) is 31.7 Å². The number of rotatable bonds is 6. The molecule has 1 aliphatic rings. The van der Waals surface area contributed by atoms with E-state index in [4.69, 9.17) is 4.74 Å². The van der Waals surface area contributed by atoms with Crippen molar-refractivity contribution in [3.8, 4) is 0 Å². The third-order valence-corrected chi connectivity index (χ3v) is 4.00. The molecule has 1 rings (SSSR count). The molecule has 1 aliphatic heterocycles. The lowest BCUT2D eigenvalue weighted by Crippen LogP contribution is -2.57. The first kappa shape index (κ1) is 15.4. The largest absolute Gasteiger partial charge is 0.468 e. The normalized spacial score (nSPS) is 28.1. The molecule has 0 saturated carbocycles. The maximum absolute atomic E-state index is 12.0. The van der Waals surface area contributed by atoms with Crippen LogP contribution < -0.4 is 5.32 Å². The summed E-state index contributed by atoms with van der Waals surface area (Å²) in [4.78, 5) is 14.3. The zero-order valence-corrected chi connectivity index (χ0v) is 12.5. The number of esters is 1. The summed E-state index contributed by atoms with van der Waals surface area (Å²) in [6.45, 7) is 12.3. The van der Waals surface area contributed by atoms with Crippen molar-refractivity contribution in [2.75, 3.05) is 33.3 Å². The van der Waals surface area contributed by atoms with Crippen molar-refractivity contribution in [1.82, 2.24) is 10.2 Å². The third kappa shape index (κ3) is 3.69. The van der Waals surface area contributed by atoms with Crippen LogP contribution in [0.25, 0.3) is 0 Å². The van der Waals surface area contributed by atoms with Gasteiger partial charge in [0.1, 0.15) is 5.54 Å². The van der Waals surface area contributed by atoms with E-state index in [9.17, 15) is 4.79 Å². The minimum Gasteiger partial charge on any atom is -0.468 e. The molecule has 0 amide bonds. The van der Waals surface area contributed by atoms with Gasteiger partial charge < -0.3 is 15.0 Å². The first-order valence-electron chi connectivity index (χ1n) is 6.98. The third-order valence-electron chi connectivity index (χ3n) is 4.00. The van der Waals surface area contributed by atoms with Gasteiger partial charge in [-0.3, -0.25) is 4.79 Å². The Morgan fingerprint density at radius 3 is 2.39 bits per heavy atom. The Hall–Kier alpha value is -0.610. The van der Waals surface area contributed by atoms with Crippen molar-refractivity contribution in [3.05, 3.63) is 0 Å². The summed E-state index contributed by atoms with van der Waals surface area (Å²) in [5.74, 6) is 1.25. The zero-order chi connectivity index (χ0) is 13.8. The molecule has 0 aromatic rings. The molecule has 18 heavy (non-hydrogen) atoms. The fourth-order valence-electron chi connectivity index (χ4n) is 2.64. The van der Waals surface area contributed by atoms with Crippen molar-refractivity contribution >= 4 is 5.97 Å². The van der Waals surface area contributed by atoms with Crippen LogP contribution in [0.5, 0.6) is 0 Å². The quantitative estimate of drug-likeness (QED) is 0.731. The first-order valence-corrected chi connectivity index (χ1v) is 6.98. The van der Waals surface area contributed by atoms with Gasteiger partial charge in [0.2, 0.25) is 0 Å². The monoisotopic (exact) mass is 256 g/mol. The molecule has 0 spiro atoms. The SMILES string of the molecule is CCCNC(C)(CN1CC(C)C(C)C1)C(=O)OC. The lowest BCUT2D eigenvalue weighted by molar-refractivity contribution is -0.148. The second-order valence-electron chi connectivity index (χ2n) is 5.90. The average Bonchev–Trinajstić information content (AvgIpc) is 2.64. The maximum atomic E-state index is 12.0. The molecular weight excluding hydrogens is 228 g/mol. The smallest absolute Gasteiger partial charge is 0.327 e. The average molecular weight is 256 g/mol. The standard InChI is InChI=1S/C14H28N2O2/c1-6-7-15-14(4,13(17)18-5)10-16-8-11(2)12(3)9-16/h11-12,15H,6-10H2,1-5H3. The fraction of sp³-hybridized carbons (Fsp3) is 0.929. The predicted octanol–water partition coefficient (Wildman–Crippen LogP) is 1.51. The Morgan fingerprint density at radius 1 is 1.39 bits per heavy atom. The second kappa shape index (κ2) is 6.53. The van der Waals surface area contributed by atoms with Gasteiger partial charge in [0.05, 0.1) is 7.11 Å². The molecular formula is C14H28N2O2. The molecule has 1 fully saturated rings. The van der Waals surface area contributed by atoms with Gasteiger partial charge in [-0.15, -0.1) is 0 Å². The Balaban J connectivity index is 2.64. The summed E-state index contributed by atoms with van der Waals surface area (Å²) in [6, 6.07) is 0. The zero-order valence-electron chi connectivity index (χ0n) is 12.5. The molecule has 1 saturated heterocycles. The number of carbonyl (C=O) groups is 1. The molecule has 0 bridgehead atoms. The Bertz CT molecular complexity index is 273. The van der Waals surface area contributed by atoms with E-state index < -0.39 is 5.54 Å². The van der Waals surface area contributed by atoms with Crippen molar-refractivity contribution in [2.45, 2.75) is 39.7 Å². The lowest BCUT2D eigenvalue weighted by Gasteiger charge is -2.32. The molecule has 0 aliphatic carbocycles. The Kier molecular flexibility index (Phi) is 5.60. The van der Waals surface area contributed by atoms with E-state index in [-0.39, 0.29) is 5.97 Å². The van der Waals surface area contributed by atoms with Gasteiger partial charge >= 0.3 is 5.97 Å². The minimum atomic E-state index is -0.589. The van der Waals surface area contributed by atoms with Crippen LogP contribution >= 0.6 is 0 Å². The molecule has 4 heteroatoms. The van der Waals surface area contributed by atoms with Gasteiger partial charge in [-0.25, -0.2) is 0 Å². The molecule has 1 heterocycles. The first-order chi connectivity index (χ1) is 8.42. The van der Waals surface area contributed by atoms with Gasteiger partial charge in [0.25, 0.3) is 0 Å². The van der Waals surface area contributed by atoms with Gasteiger partial charge in [0.15, 0.2) is 0 Å². The number of hydrogen-bond donors (Lipinski definition) is 1. The predicted molar refractivity (Wildman–Crippen MR) is 73.5 cm³/mol. The molecule has 3 atom stereocenters. The summed E-state index contributed by atoms with van der Waals surface area (Å²) >= 11 is 0. The van der Waals surface area contributed by atoms with E-state index in [1.54, 1.807) is 0 Å². The van der Waals surface area contributed by atoms with Crippen LogP contribution in [0.15, 0.2) is 0 Å². The van der Waals surface area contributed by atoms with Crippen LogP contribution in [-0.4, -0.2) is 49.7 Å². The summed E-state index contributed by atoms with van der Waals surface area (Å²) in [6.07, 6.45) is 1.01. The van der Waals surface area contributed by atoms with E-state index in [1.807, 2.05) is 6.92 Å². The highest BCUT2D eigenvalue weighted by atomic mass is 16.5. The van der Waals surface area contributed by atoms with Crippen molar-refractivity contribution in [3.63, 3.8) is 0 Å². The van der Waals surface area contributed by atoms with E-state index >= 15 is 0 Å². The van der Waals surface area contributed by atoms with E-state index in [0.717, 1.165) is 32.6 Å². The number of methoxy groups -OCH3 is 1. The molecule has 4 nitrogen and oxygen atoms in total. The van der Waals surface area contributed by atoms with Crippen molar-refractivity contribution in [2.24, 2.45) is 11.8 Å². The van der Waals surface area contributed by atoms with Crippen LogP contribution in [0.2, 0.25) is 0 Å². The van der Waals surface area contributed by atoms with Crippen LogP contribution in [0.4, 0.5) is 0 Å². The van der Waals surface area contributed by atoms with Gasteiger partial charge in [0, 0.05) is 19.6 Å². The van der Waals surface area contributed by atoms with E-state index in [0.29, 0.717) is 11.8 Å². The number of likely N-dealkylation sites (tertiary alicyclic amines) is 1. The van der Waals surface area contributed by atoms with Gasteiger partial charge in [-0.1, -0.05) is 20.8 Å². The molecule has 0 radical (unpaired) electrons. The van der Waals surface area contributed by atoms with Crippen molar-refractivity contribution < 1.29 is 9.53 Å². The molecule has 0 aromatic carbocycles. The number of carbonyl (C=O) groups excluding carboxylic acids is 1. The summed E-state index contributed by atoms with van der Waals surface area (Å²) in [7, 11) is 1.46. The molecule has 0 aromatic heterocycles. The number of hydrogen-bond acceptors (Lipinski definition) is 4. The number of nitrogens with zero attached hydrogens (tertiary/aromatic N) is 1. The lowest BCUT2D eigenvalue weighted by atomic mass is 10.0. The summed E-state index contributed by atoms with van der Waals surface area (Å²) in [5.41, 5.74) is -0.589. The summed E-state index contributed by atoms with van der Waals surface area (Å²) < 4.78 is 4.95. The highest BCUT2D eigenvalue weighted by Gasteiger charge is 2.38. The molecule has 3 unspecified atom stereocenters. The number of ether oxygens (including phenoxy) is 1. The van der Waals surface area contributed by atoms with Crippen LogP contribution in [-0.2, 0) is 9.53 Å². The van der Waals surface area contributed by atoms with Crippen LogP contribution in [0, 0.1) is 11.8 Å². The second-order valence-corrected chi connectivity index (χ2v) is 5.90. The van der Waals surface area contributed by atoms with Crippen molar-refractivity contribution in [1.29, 1.82) is 0 Å². The van der Waals surface area contributed by atoms with Gasteiger partial charge in [-0.2, -0.15) is 0 Å². The maximum Gasteiger partial charge on any atom is 0.327 e. The number of nitrogens with one attached hydrogen (secondary N) is 1. The molecule has 1 N–H and O–H groups in total. The van der Waals surface area contributed by atoms with E-state index in [2.05, 4.69) is 31.0 Å². The highest BCUT2D eigenvalue weighted by molar-refractivity contribution is 5.80. The summed E-state index contributed by atoms with van der Waals surface area (Å²) in [5, 5.41) is 3.34. The van der Waals surface area contributed by atoms with Crippen LogP contribution in [0.1, 0.15) is 34.1 Å². The fourth-order valence-corrected chi connectivity index (χ4v) is 2.64. The Labute approximate surface area is 111 Å².